The Kier molecular flexibility index (Phi) is 4.13. The molecular formula is C16H18ClNO. The lowest BCUT2D eigenvalue weighted by molar-refractivity contribution is 0.471. The number of rotatable bonds is 3. The summed E-state index contributed by atoms with van der Waals surface area (Å²) < 4.78 is 5.95. The molecule has 2 N–H and O–H groups in total. The smallest absolute Gasteiger partial charge is 0.132 e. The average Bonchev–Trinajstić information content (AvgIpc) is 2.36. The summed E-state index contributed by atoms with van der Waals surface area (Å²) in [5.41, 5.74) is 8.96. The van der Waals surface area contributed by atoms with Crippen molar-refractivity contribution in [1.82, 2.24) is 0 Å². The topological polar surface area (TPSA) is 35.2 Å². The second kappa shape index (κ2) is 5.64. The minimum Gasteiger partial charge on any atom is -0.457 e. The van der Waals surface area contributed by atoms with E-state index in [-0.39, 0.29) is 6.04 Å². The van der Waals surface area contributed by atoms with Crippen molar-refractivity contribution < 1.29 is 4.74 Å². The Morgan fingerprint density at radius 1 is 1.11 bits per heavy atom. The van der Waals surface area contributed by atoms with Gasteiger partial charge < -0.3 is 10.5 Å². The van der Waals surface area contributed by atoms with Gasteiger partial charge in [0.25, 0.3) is 0 Å². The van der Waals surface area contributed by atoms with Crippen LogP contribution in [0.15, 0.2) is 36.4 Å². The molecule has 2 rings (SSSR count). The molecule has 0 amide bonds. The number of ether oxygens (including phenoxy) is 1. The lowest BCUT2D eigenvalue weighted by Crippen LogP contribution is -2.06. The van der Waals surface area contributed by atoms with Crippen LogP contribution in [-0.4, -0.2) is 0 Å². The number of hydrogen-bond acceptors (Lipinski definition) is 2. The molecule has 0 fully saturated rings. The highest BCUT2D eigenvalue weighted by Gasteiger charge is 2.09. The molecule has 0 saturated heterocycles. The van der Waals surface area contributed by atoms with E-state index in [0.29, 0.717) is 0 Å². The molecule has 0 heterocycles. The minimum absolute atomic E-state index is 0.0642. The summed E-state index contributed by atoms with van der Waals surface area (Å²) in [6, 6.07) is 11.6. The molecule has 0 aliphatic heterocycles. The summed E-state index contributed by atoms with van der Waals surface area (Å²) in [6.07, 6.45) is 0. The molecule has 0 saturated carbocycles. The fraction of sp³-hybridized carbons (Fsp3) is 0.250. The monoisotopic (exact) mass is 275 g/mol. The maximum atomic E-state index is 6.16. The van der Waals surface area contributed by atoms with Crippen LogP contribution in [0.5, 0.6) is 11.5 Å². The molecule has 0 aliphatic carbocycles. The Hall–Kier alpha value is -1.51. The highest BCUT2D eigenvalue weighted by atomic mass is 35.5. The molecule has 0 aliphatic rings. The van der Waals surface area contributed by atoms with Crippen LogP contribution in [0.1, 0.15) is 29.7 Å². The van der Waals surface area contributed by atoms with Crippen LogP contribution in [0.25, 0.3) is 0 Å². The van der Waals surface area contributed by atoms with Crippen molar-refractivity contribution in [2.45, 2.75) is 26.8 Å². The van der Waals surface area contributed by atoms with Crippen molar-refractivity contribution in [3.05, 3.63) is 58.1 Å². The molecular weight excluding hydrogens is 258 g/mol. The number of benzene rings is 2. The number of nitrogens with two attached hydrogens (primary N) is 1. The summed E-state index contributed by atoms with van der Waals surface area (Å²) >= 11 is 6.16. The molecule has 0 radical (unpaired) electrons. The van der Waals surface area contributed by atoms with Gasteiger partial charge in [-0.3, -0.25) is 0 Å². The van der Waals surface area contributed by atoms with E-state index in [2.05, 4.69) is 0 Å². The number of aryl methyl sites for hydroxylation is 2. The van der Waals surface area contributed by atoms with Gasteiger partial charge in [0.1, 0.15) is 11.5 Å². The summed E-state index contributed by atoms with van der Waals surface area (Å²) in [6.45, 7) is 5.89. The summed E-state index contributed by atoms with van der Waals surface area (Å²) in [7, 11) is 0. The Labute approximate surface area is 119 Å². The van der Waals surface area contributed by atoms with Crippen LogP contribution in [0.3, 0.4) is 0 Å². The zero-order valence-electron chi connectivity index (χ0n) is 11.4. The first-order chi connectivity index (χ1) is 8.99. The third-order valence-corrected chi connectivity index (χ3v) is 3.64. The second-order valence-corrected chi connectivity index (χ2v) is 5.18. The van der Waals surface area contributed by atoms with Crippen LogP contribution < -0.4 is 10.5 Å². The van der Waals surface area contributed by atoms with Crippen molar-refractivity contribution in [2.75, 3.05) is 0 Å². The summed E-state index contributed by atoms with van der Waals surface area (Å²) in [5.74, 6) is 1.58. The van der Waals surface area contributed by atoms with E-state index in [1.54, 1.807) is 0 Å². The fourth-order valence-electron chi connectivity index (χ4n) is 2.04. The Morgan fingerprint density at radius 3 is 2.26 bits per heavy atom. The number of para-hydroxylation sites is 1. The van der Waals surface area contributed by atoms with E-state index in [4.69, 9.17) is 22.1 Å². The average molecular weight is 276 g/mol. The fourth-order valence-corrected chi connectivity index (χ4v) is 2.15. The van der Waals surface area contributed by atoms with Crippen LogP contribution in [0, 0.1) is 13.8 Å². The van der Waals surface area contributed by atoms with Gasteiger partial charge in [0.15, 0.2) is 0 Å². The van der Waals surface area contributed by atoms with E-state index in [9.17, 15) is 0 Å². The molecule has 0 spiro atoms. The zero-order chi connectivity index (χ0) is 14.0. The van der Waals surface area contributed by atoms with E-state index >= 15 is 0 Å². The largest absolute Gasteiger partial charge is 0.457 e. The molecule has 3 heteroatoms. The molecule has 2 aromatic carbocycles. The van der Waals surface area contributed by atoms with E-state index in [1.165, 1.54) is 0 Å². The zero-order valence-corrected chi connectivity index (χ0v) is 12.2. The molecule has 2 nitrogen and oxygen atoms in total. The molecule has 1 atom stereocenters. The standard InChI is InChI=1S/C16H18ClNO/c1-10-8-13(9-11(2)16(10)17)19-15-7-5-4-6-14(15)12(3)18/h4-9,12H,18H2,1-3H3/t12-/m1/s1. The summed E-state index contributed by atoms with van der Waals surface area (Å²) in [5, 5.41) is 0.785. The van der Waals surface area contributed by atoms with Gasteiger partial charge in [-0.05, 0) is 50.1 Å². The van der Waals surface area contributed by atoms with Gasteiger partial charge in [0.2, 0.25) is 0 Å². The first-order valence-corrected chi connectivity index (χ1v) is 6.66. The predicted octanol–water partition coefficient (Wildman–Crippen LogP) is 4.77. The van der Waals surface area contributed by atoms with Crippen LogP contribution >= 0.6 is 11.6 Å². The third-order valence-electron chi connectivity index (χ3n) is 3.05. The van der Waals surface area contributed by atoms with Gasteiger partial charge in [-0.25, -0.2) is 0 Å². The van der Waals surface area contributed by atoms with Crippen molar-refractivity contribution >= 4 is 11.6 Å². The number of hydrogen-bond donors (Lipinski definition) is 1. The SMILES string of the molecule is Cc1cc(Oc2ccccc2[C@@H](C)N)cc(C)c1Cl. The summed E-state index contributed by atoms with van der Waals surface area (Å²) in [4.78, 5) is 0. The van der Waals surface area contributed by atoms with Gasteiger partial charge >= 0.3 is 0 Å². The van der Waals surface area contributed by atoms with E-state index in [1.807, 2.05) is 57.2 Å². The van der Waals surface area contributed by atoms with Crippen LogP contribution in [0.2, 0.25) is 5.02 Å². The van der Waals surface area contributed by atoms with Gasteiger partial charge in [-0.1, -0.05) is 29.8 Å². The Balaban J connectivity index is 2.37. The van der Waals surface area contributed by atoms with Gasteiger partial charge in [-0.2, -0.15) is 0 Å². The molecule has 0 bridgehead atoms. The van der Waals surface area contributed by atoms with Crippen molar-refractivity contribution in [3.8, 4) is 11.5 Å². The normalized spacial score (nSPS) is 12.3. The molecule has 19 heavy (non-hydrogen) atoms. The Bertz CT molecular complexity index is 570. The lowest BCUT2D eigenvalue weighted by atomic mass is 10.1. The predicted molar refractivity (Wildman–Crippen MR) is 80.0 cm³/mol. The number of halogens is 1. The van der Waals surface area contributed by atoms with Gasteiger partial charge in [-0.15, -0.1) is 0 Å². The van der Waals surface area contributed by atoms with E-state index < -0.39 is 0 Å². The van der Waals surface area contributed by atoms with Gasteiger partial charge in [0.05, 0.1) is 0 Å². The molecule has 0 unspecified atom stereocenters. The Morgan fingerprint density at radius 2 is 1.68 bits per heavy atom. The first-order valence-electron chi connectivity index (χ1n) is 6.28. The first kappa shape index (κ1) is 13.9. The maximum absolute atomic E-state index is 6.16. The molecule has 100 valence electrons. The highest BCUT2D eigenvalue weighted by molar-refractivity contribution is 6.32. The van der Waals surface area contributed by atoms with E-state index in [0.717, 1.165) is 33.2 Å². The molecule has 0 aromatic heterocycles. The van der Waals surface area contributed by atoms with Crippen LogP contribution in [-0.2, 0) is 0 Å². The molecule has 2 aromatic rings. The third kappa shape index (κ3) is 3.09. The van der Waals surface area contributed by atoms with Crippen LogP contribution in [0.4, 0.5) is 0 Å². The quantitative estimate of drug-likeness (QED) is 0.876. The van der Waals surface area contributed by atoms with Crippen molar-refractivity contribution in [3.63, 3.8) is 0 Å². The highest BCUT2D eigenvalue weighted by Crippen LogP contribution is 2.32. The van der Waals surface area contributed by atoms with Gasteiger partial charge in [0, 0.05) is 16.6 Å². The van der Waals surface area contributed by atoms with Crippen molar-refractivity contribution in [1.29, 1.82) is 0 Å². The van der Waals surface area contributed by atoms with Crippen molar-refractivity contribution in [2.24, 2.45) is 5.73 Å². The second-order valence-electron chi connectivity index (χ2n) is 4.80. The lowest BCUT2D eigenvalue weighted by Gasteiger charge is -2.15. The minimum atomic E-state index is -0.0642. The maximum Gasteiger partial charge on any atom is 0.132 e.